The van der Waals surface area contributed by atoms with Gasteiger partial charge in [0, 0.05) is 46.8 Å². The smallest absolute Gasteiger partial charge is 0.315 e. The maximum atomic E-state index is 14.8. The third kappa shape index (κ3) is 8.46. The van der Waals surface area contributed by atoms with Crippen molar-refractivity contribution in [3.63, 3.8) is 0 Å². The summed E-state index contributed by atoms with van der Waals surface area (Å²) in [6.07, 6.45) is 3.96. The molecule has 4 aliphatic rings. The summed E-state index contributed by atoms with van der Waals surface area (Å²) in [6, 6.07) is 3.76. The van der Waals surface area contributed by atoms with Crippen molar-refractivity contribution in [1.82, 2.24) is 34.8 Å². The highest BCUT2D eigenvalue weighted by Gasteiger charge is 2.70. The van der Waals surface area contributed by atoms with Gasteiger partial charge in [-0.3, -0.25) is 19.2 Å². The molecule has 1 unspecified atom stereocenters. The summed E-state index contributed by atoms with van der Waals surface area (Å²) in [5.41, 5.74) is 1.39. The van der Waals surface area contributed by atoms with E-state index in [4.69, 9.17) is 0 Å². The number of carbonyl (C=O) groups is 5. The van der Waals surface area contributed by atoms with E-state index in [1.807, 2.05) is 45.0 Å². The molecule has 53 heavy (non-hydrogen) atoms. The number of amides is 5. The van der Waals surface area contributed by atoms with Crippen LogP contribution in [0.4, 0.5) is 4.79 Å². The first kappa shape index (κ1) is 40.4. The van der Waals surface area contributed by atoms with Crippen molar-refractivity contribution in [2.75, 3.05) is 40.8 Å². The van der Waals surface area contributed by atoms with Crippen LogP contribution < -0.4 is 21.3 Å². The number of fused-ring (bicyclic) bond motifs is 2. The lowest BCUT2D eigenvalue weighted by atomic mass is 9.86. The number of piperidine rings is 1. The third-order valence-corrected chi connectivity index (χ3v) is 13.7. The third-order valence-electron chi connectivity index (χ3n) is 11.8. The fourth-order valence-electron chi connectivity index (χ4n) is 8.17. The number of likely N-dealkylation sites (tertiary alicyclic amines) is 1. The Balaban J connectivity index is 1.40. The summed E-state index contributed by atoms with van der Waals surface area (Å²) in [5, 5.41) is 11.3. The van der Waals surface area contributed by atoms with Crippen molar-refractivity contribution >= 4 is 39.7 Å². The van der Waals surface area contributed by atoms with Crippen LogP contribution in [0.5, 0.6) is 0 Å². The van der Waals surface area contributed by atoms with Gasteiger partial charge in [-0.05, 0) is 71.3 Å². The molecule has 292 valence electrons. The molecule has 6 atom stereocenters. The topological polar surface area (TPSA) is 177 Å². The maximum Gasteiger partial charge on any atom is 0.315 e. The second-order valence-electron chi connectivity index (χ2n) is 17.1. The van der Waals surface area contributed by atoms with Gasteiger partial charge in [-0.2, -0.15) is 17.0 Å². The lowest BCUT2D eigenvalue weighted by molar-refractivity contribution is -0.144. The fraction of sp³-hybridized carbons (Fsp3) is 0.658. The largest absolute Gasteiger partial charge is 0.346 e. The van der Waals surface area contributed by atoms with Gasteiger partial charge in [0.2, 0.25) is 17.6 Å². The molecule has 5 rings (SSSR count). The SMILES string of the molecule is C=CCNC(=O)C(=O)C(NC(=O)[C@@H]1[C@@H]2[C@H](CN1C(=O)[C@@H](NC(=O)N[C@H](CN(C)S(=O)(=O)N(C)C)C(C)(C)C)C1Cc3ccccc3C1)C2(C)C)C1CC1. The number of hydrogen-bond acceptors (Lipinski definition) is 7. The van der Waals surface area contributed by atoms with Crippen LogP contribution >= 0.6 is 0 Å². The molecular weight excluding hydrogens is 699 g/mol. The van der Waals surface area contributed by atoms with Gasteiger partial charge in [-0.25, -0.2) is 4.79 Å². The van der Waals surface area contributed by atoms with Crippen LogP contribution in [0.25, 0.3) is 0 Å². The van der Waals surface area contributed by atoms with Crippen LogP contribution in [-0.4, -0.2) is 116 Å². The number of benzene rings is 1. The van der Waals surface area contributed by atoms with Gasteiger partial charge in [-0.15, -0.1) is 6.58 Å². The number of hydrogen-bond donors (Lipinski definition) is 4. The molecule has 0 bridgehead atoms. The average molecular weight is 756 g/mol. The monoisotopic (exact) mass is 755 g/mol. The Morgan fingerprint density at radius 1 is 0.962 bits per heavy atom. The van der Waals surface area contributed by atoms with E-state index < -0.39 is 69.3 Å². The number of rotatable bonds is 15. The lowest BCUT2D eigenvalue weighted by Gasteiger charge is -2.37. The highest BCUT2D eigenvalue weighted by molar-refractivity contribution is 7.86. The number of likely N-dealkylation sites (N-methyl/N-ethyl adjacent to an activating group) is 1. The van der Waals surface area contributed by atoms with Crippen LogP contribution in [0.15, 0.2) is 36.9 Å². The predicted octanol–water partition coefficient (Wildman–Crippen LogP) is 1.47. The average Bonchev–Trinajstić information content (AvgIpc) is 3.88. The van der Waals surface area contributed by atoms with Crippen molar-refractivity contribution in [2.45, 2.75) is 84.5 Å². The van der Waals surface area contributed by atoms with Crippen molar-refractivity contribution in [1.29, 1.82) is 0 Å². The maximum absolute atomic E-state index is 14.8. The molecule has 15 heteroatoms. The highest BCUT2D eigenvalue weighted by atomic mass is 32.2. The van der Waals surface area contributed by atoms with E-state index >= 15 is 0 Å². The van der Waals surface area contributed by atoms with Gasteiger partial charge in [-0.1, -0.05) is 65.0 Å². The summed E-state index contributed by atoms with van der Waals surface area (Å²) in [4.78, 5) is 70.4. The van der Waals surface area contributed by atoms with E-state index in [-0.39, 0.29) is 42.2 Å². The lowest BCUT2D eigenvalue weighted by Crippen LogP contribution is -2.62. The minimum atomic E-state index is -3.76. The van der Waals surface area contributed by atoms with Crippen LogP contribution in [-0.2, 0) is 42.2 Å². The van der Waals surface area contributed by atoms with Gasteiger partial charge in [0.1, 0.15) is 18.1 Å². The van der Waals surface area contributed by atoms with Gasteiger partial charge >= 0.3 is 6.03 Å². The molecule has 3 aliphatic carbocycles. The number of ketones is 1. The molecular formula is C38H57N7O7S. The van der Waals surface area contributed by atoms with Crippen LogP contribution in [0.2, 0.25) is 0 Å². The number of Topliss-reactive ketones (excluding diaryl/α,β-unsaturated/α-hetero) is 1. The summed E-state index contributed by atoms with van der Waals surface area (Å²) in [7, 11) is 0.575. The Labute approximate surface area is 314 Å². The zero-order chi connectivity index (χ0) is 39.2. The van der Waals surface area contributed by atoms with Crippen molar-refractivity contribution in [2.24, 2.45) is 34.5 Å². The number of nitrogens with one attached hydrogen (secondary N) is 4. The molecule has 2 saturated carbocycles. The molecule has 4 N–H and O–H groups in total. The zero-order valence-electron chi connectivity index (χ0n) is 32.3. The molecule has 1 aromatic rings. The number of urea groups is 1. The Bertz CT molecular complexity index is 1710. The van der Waals surface area contributed by atoms with Crippen molar-refractivity contribution in [3.05, 3.63) is 48.0 Å². The van der Waals surface area contributed by atoms with E-state index in [1.54, 1.807) is 4.90 Å². The molecule has 14 nitrogen and oxygen atoms in total. The second kappa shape index (κ2) is 15.1. The molecule has 5 amide bonds. The molecule has 1 saturated heterocycles. The van der Waals surface area contributed by atoms with Crippen molar-refractivity contribution in [3.8, 4) is 0 Å². The zero-order valence-corrected chi connectivity index (χ0v) is 33.1. The second-order valence-corrected chi connectivity index (χ2v) is 19.3. The standard InChI is InChI=1S/C38H57N7O7S/c1-10-17-39-34(48)32(46)29(22-15-16-22)41-33(47)31-28-26(38(28,5)6)20-45(31)35(49)30(25-18-23-13-11-12-14-24(23)19-25)42-36(50)40-27(37(2,3)4)21-44(9)53(51,52)43(7)8/h10-14,22,25-31H,1,15-21H2,2-9H3,(H,39,48)(H,41,47)(H2,40,42,50)/t26-,27+,28-,29?,30-,31-/m0/s1. The molecule has 1 aliphatic heterocycles. The van der Waals surface area contributed by atoms with E-state index in [0.29, 0.717) is 32.2 Å². The number of carbonyl (C=O) groups excluding carboxylic acids is 5. The normalized spacial score (nSPS) is 23.7. The van der Waals surface area contributed by atoms with Crippen molar-refractivity contribution < 1.29 is 32.4 Å². The summed E-state index contributed by atoms with van der Waals surface area (Å²) in [6.45, 7) is 13.8. The van der Waals surface area contributed by atoms with E-state index in [2.05, 4.69) is 41.7 Å². The summed E-state index contributed by atoms with van der Waals surface area (Å²) >= 11 is 0. The highest BCUT2D eigenvalue weighted by Crippen LogP contribution is 2.65. The number of nitrogens with zero attached hydrogens (tertiary/aromatic N) is 3. The first-order valence-corrected chi connectivity index (χ1v) is 19.9. The van der Waals surface area contributed by atoms with Crippen LogP contribution in [0, 0.1) is 34.5 Å². The van der Waals surface area contributed by atoms with E-state index in [0.717, 1.165) is 15.4 Å². The molecule has 0 spiro atoms. The van der Waals surface area contributed by atoms with Crippen LogP contribution in [0.3, 0.4) is 0 Å². The fourth-order valence-corrected chi connectivity index (χ4v) is 9.06. The summed E-state index contributed by atoms with van der Waals surface area (Å²) < 4.78 is 28.0. The van der Waals surface area contributed by atoms with Gasteiger partial charge in [0.25, 0.3) is 16.1 Å². The Hall–Kier alpha value is -3.82. The predicted molar refractivity (Wildman–Crippen MR) is 200 cm³/mol. The Morgan fingerprint density at radius 2 is 1.57 bits per heavy atom. The minimum Gasteiger partial charge on any atom is -0.346 e. The molecule has 3 fully saturated rings. The molecule has 1 heterocycles. The van der Waals surface area contributed by atoms with E-state index in [1.165, 1.54) is 31.5 Å². The van der Waals surface area contributed by atoms with Gasteiger partial charge < -0.3 is 26.2 Å². The van der Waals surface area contributed by atoms with Gasteiger partial charge in [0.05, 0.1) is 0 Å². The molecule has 0 radical (unpaired) electrons. The minimum absolute atomic E-state index is 0.00970. The van der Waals surface area contributed by atoms with Gasteiger partial charge in [0.15, 0.2) is 0 Å². The first-order chi connectivity index (χ1) is 24.7. The van der Waals surface area contributed by atoms with Crippen LogP contribution in [0.1, 0.15) is 58.6 Å². The van der Waals surface area contributed by atoms with E-state index in [9.17, 15) is 32.4 Å². The Morgan fingerprint density at radius 3 is 2.09 bits per heavy atom. The molecule has 0 aromatic heterocycles. The summed E-state index contributed by atoms with van der Waals surface area (Å²) in [5.74, 6) is -2.96. The Kier molecular flexibility index (Phi) is 11.5. The quantitative estimate of drug-likeness (QED) is 0.155. The molecule has 1 aromatic carbocycles. The first-order valence-electron chi connectivity index (χ1n) is 18.5.